The number of hydrogen-bond donors (Lipinski definition) is 1. The number of carbonyl (C=O) groups is 1. The van der Waals surface area contributed by atoms with E-state index in [0.29, 0.717) is 11.6 Å². The van der Waals surface area contributed by atoms with E-state index in [1.807, 2.05) is 11.9 Å². The van der Waals surface area contributed by atoms with Gasteiger partial charge in [-0.1, -0.05) is 17.7 Å². The molecule has 1 unspecified atom stereocenters. The van der Waals surface area contributed by atoms with Gasteiger partial charge in [0.2, 0.25) is 0 Å². The third-order valence-electron chi connectivity index (χ3n) is 3.40. The number of anilines is 1. The van der Waals surface area contributed by atoms with Crippen molar-refractivity contribution in [3.05, 3.63) is 28.8 Å². The quantitative estimate of drug-likeness (QED) is 0.923. The third-order valence-corrected chi connectivity index (χ3v) is 3.72. The lowest BCUT2D eigenvalue weighted by atomic mass is 10.0. The van der Waals surface area contributed by atoms with Crippen molar-refractivity contribution in [2.45, 2.75) is 12.8 Å². The Balaban J connectivity index is 2.16. The Morgan fingerprint density at radius 3 is 3.00 bits per heavy atom. The molecule has 0 spiro atoms. The molecule has 1 saturated heterocycles. The molecule has 1 fully saturated rings. The fraction of sp³-hybridized carbons (Fsp3) is 0.500. The van der Waals surface area contributed by atoms with Gasteiger partial charge in [-0.3, -0.25) is 0 Å². The minimum Gasteiger partial charge on any atom is -0.478 e. The lowest BCUT2D eigenvalue weighted by molar-refractivity contribution is 0.0576. The van der Waals surface area contributed by atoms with Gasteiger partial charge in [-0.25, -0.2) is 4.79 Å². The molecule has 1 aliphatic rings. The first-order valence-electron chi connectivity index (χ1n) is 6.40. The maximum Gasteiger partial charge on any atom is 0.339 e. The zero-order valence-electron chi connectivity index (χ0n) is 10.9. The van der Waals surface area contributed by atoms with E-state index in [0.717, 1.165) is 32.6 Å². The molecule has 104 valence electrons. The fourth-order valence-corrected chi connectivity index (χ4v) is 2.73. The van der Waals surface area contributed by atoms with E-state index >= 15 is 0 Å². The maximum absolute atomic E-state index is 11.3. The van der Waals surface area contributed by atoms with Crippen LogP contribution < -0.4 is 4.90 Å². The number of hydrogen-bond acceptors (Lipinski definition) is 3. The summed E-state index contributed by atoms with van der Waals surface area (Å²) in [6, 6.07) is 5.17. The van der Waals surface area contributed by atoms with Gasteiger partial charge in [0.15, 0.2) is 0 Å². The van der Waals surface area contributed by atoms with Crippen LogP contribution in [0.5, 0.6) is 0 Å². The average molecular weight is 284 g/mol. The maximum atomic E-state index is 11.3. The molecule has 0 radical (unpaired) electrons. The Hall–Kier alpha value is -1.26. The number of carboxylic acids is 1. The Labute approximate surface area is 117 Å². The van der Waals surface area contributed by atoms with Crippen molar-refractivity contribution >= 4 is 23.3 Å². The molecule has 19 heavy (non-hydrogen) atoms. The Morgan fingerprint density at radius 1 is 1.58 bits per heavy atom. The minimum absolute atomic E-state index is 0.170. The second-order valence-electron chi connectivity index (χ2n) is 4.90. The van der Waals surface area contributed by atoms with Crippen LogP contribution in [0.1, 0.15) is 23.2 Å². The molecule has 0 bridgehead atoms. The van der Waals surface area contributed by atoms with Crippen LogP contribution in [0.4, 0.5) is 5.69 Å². The molecule has 4 nitrogen and oxygen atoms in total. The summed E-state index contributed by atoms with van der Waals surface area (Å²) in [5, 5.41) is 9.54. The predicted octanol–water partition coefficient (Wildman–Crippen LogP) is 2.90. The largest absolute Gasteiger partial charge is 0.478 e. The highest BCUT2D eigenvalue weighted by Crippen LogP contribution is 2.28. The summed E-state index contributed by atoms with van der Waals surface area (Å²) >= 11 is 5.98. The van der Waals surface area contributed by atoms with Crippen molar-refractivity contribution in [2.75, 3.05) is 31.7 Å². The van der Waals surface area contributed by atoms with Crippen molar-refractivity contribution in [1.82, 2.24) is 0 Å². The van der Waals surface area contributed by atoms with Crippen molar-refractivity contribution < 1.29 is 14.6 Å². The van der Waals surface area contributed by atoms with Crippen molar-refractivity contribution in [2.24, 2.45) is 5.92 Å². The van der Waals surface area contributed by atoms with Crippen LogP contribution in [-0.4, -0.2) is 37.9 Å². The summed E-state index contributed by atoms with van der Waals surface area (Å²) in [5.74, 6) is -0.549. The molecular formula is C14H18ClNO3. The molecule has 0 amide bonds. The number of halogens is 1. The van der Waals surface area contributed by atoms with E-state index in [4.69, 9.17) is 16.3 Å². The van der Waals surface area contributed by atoms with E-state index in [1.165, 1.54) is 0 Å². The second kappa shape index (κ2) is 6.26. The molecule has 0 saturated carbocycles. The standard InChI is InChI=1S/C14H18ClNO3/c1-16(8-10-4-3-7-19-9-10)12-6-2-5-11(15)13(12)14(17)18/h2,5-6,10H,3-4,7-9H2,1H3,(H,17,18). The van der Waals surface area contributed by atoms with Gasteiger partial charge in [-0.2, -0.15) is 0 Å². The zero-order chi connectivity index (χ0) is 13.8. The normalized spacial score (nSPS) is 19.2. The van der Waals surface area contributed by atoms with Crippen LogP contribution in [0.2, 0.25) is 5.02 Å². The van der Waals surface area contributed by atoms with Crippen LogP contribution >= 0.6 is 11.6 Å². The van der Waals surface area contributed by atoms with Gasteiger partial charge < -0.3 is 14.7 Å². The number of rotatable bonds is 4. The zero-order valence-corrected chi connectivity index (χ0v) is 11.7. The molecule has 0 aromatic heterocycles. The molecule has 5 heteroatoms. The van der Waals surface area contributed by atoms with E-state index in [9.17, 15) is 9.90 Å². The smallest absolute Gasteiger partial charge is 0.339 e. The van der Waals surface area contributed by atoms with E-state index in [2.05, 4.69) is 0 Å². The highest BCUT2D eigenvalue weighted by atomic mass is 35.5. The summed E-state index contributed by atoms with van der Waals surface area (Å²) in [5.41, 5.74) is 0.828. The van der Waals surface area contributed by atoms with E-state index in [1.54, 1.807) is 18.2 Å². The highest BCUT2D eigenvalue weighted by molar-refractivity contribution is 6.34. The summed E-state index contributed by atoms with van der Waals surface area (Å²) in [6.45, 7) is 2.35. The SMILES string of the molecule is CN(CC1CCCOC1)c1cccc(Cl)c1C(=O)O. The molecule has 1 atom stereocenters. The number of benzene rings is 1. The van der Waals surface area contributed by atoms with Crippen molar-refractivity contribution in [3.63, 3.8) is 0 Å². The van der Waals surface area contributed by atoms with Crippen LogP contribution in [-0.2, 0) is 4.74 Å². The average Bonchev–Trinajstić information content (AvgIpc) is 2.39. The molecule has 1 aliphatic heterocycles. The number of nitrogens with zero attached hydrogens (tertiary/aromatic N) is 1. The Kier molecular flexibility index (Phi) is 4.66. The van der Waals surface area contributed by atoms with Gasteiger partial charge >= 0.3 is 5.97 Å². The Morgan fingerprint density at radius 2 is 2.37 bits per heavy atom. The highest BCUT2D eigenvalue weighted by Gasteiger charge is 2.21. The number of aromatic carboxylic acids is 1. The van der Waals surface area contributed by atoms with E-state index < -0.39 is 5.97 Å². The summed E-state index contributed by atoms with van der Waals surface area (Å²) < 4.78 is 5.45. The first kappa shape index (κ1) is 14.2. The second-order valence-corrected chi connectivity index (χ2v) is 5.31. The van der Waals surface area contributed by atoms with Crippen LogP contribution in [0.15, 0.2) is 18.2 Å². The lowest BCUT2D eigenvalue weighted by Gasteiger charge is -2.29. The molecule has 2 rings (SSSR count). The molecule has 0 aliphatic carbocycles. The molecule has 1 N–H and O–H groups in total. The topological polar surface area (TPSA) is 49.8 Å². The predicted molar refractivity (Wildman–Crippen MR) is 75.2 cm³/mol. The van der Waals surface area contributed by atoms with Crippen molar-refractivity contribution in [3.8, 4) is 0 Å². The molecular weight excluding hydrogens is 266 g/mol. The molecule has 1 heterocycles. The molecule has 1 aromatic carbocycles. The third kappa shape index (κ3) is 3.39. The minimum atomic E-state index is -0.993. The summed E-state index contributed by atoms with van der Waals surface area (Å²) in [6.07, 6.45) is 2.19. The van der Waals surface area contributed by atoms with Gasteiger partial charge in [-0.05, 0) is 30.9 Å². The van der Waals surface area contributed by atoms with Crippen LogP contribution in [0, 0.1) is 5.92 Å². The van der Waals surface area contributed by atoms with Gasteiger partial charge in [0.25, 0.3) is 0 Å². The first-order chi connectivity index (χ1) is 9.09. The fourth-order valence-electron chi connectivity index (χ4n) is 2.48. The van der Waals surface area contributed by atoms with Crippen molar-refractivity contribution in [1.29, 1.82) is 0 Å². The van der Waals surface area contributed by atoms with Gasteiger partial charge in [0, 0.05) is 20.2 Å². The Bertz CT molecular complexity index is 458. The number of carboxylic acid groups (broad SMARTS) is 1. The van der Waals surface area contributed by atoms with Gasteiger partial charge in [0.1, 0.15) is 5.56 Å². The van der Waals surface area contributed by atoms with Gasteiger partial charge in [-0.15, -0.1) is 0 Å². The van der Waals surface area contributed by atoms with E-state index in [-0.39, 0.29) is 10.6 Å². The molecule has 1 aromatic rings. The monoisotopic (exact) mass is 283 g/mol. The van der Waals surface area contributed by atoms with Crippen LogP contribution in [0.3, 0.4) is 0 Å². The summed E-state index contributed by atoms with van der Waals surface area (Å²) in [7, 11) is 1.90. The van der Waals surface area contributed by atoms with Crippen LogP contribution in [0.25, 0.3) is 0 Å². The first-order valence-corrected chi connectivity index (χ1v) is 6.78. The number of ether oxygens (including phenoxy) is 1. The summed E-state index contributed by atoms with van der Waals surface area (Å²) in [4.78, 5) is 13.3. The lowest BCUT2D eigenvalue weighted by Crippen LogP contribution is -2.31. The van der Waals surface area contributed by atoms with Gasteiger partial charge in [0.05, 0.1) is 17.3 Å².